The molecule has 0 aliphatic heterocycles. The van der Waals surface area contributed by atoms with Crippen LogP contribution in [0.25, 0.3) is 0 Å². The molecule has 0 aliphatic rings. The molecular formula is C10H9F5N2O. The smallest absolute Gasteiger partial charge is 0.326 e. The number of benzene rings is 1. The molecule has 1 amide bonds. The van der Waals surface area contributed by atoms with Gasteiger partial charge in [0.2, 0.25) is 0 Å². The summed E-state index contributed by atoms with van der Waals surface area (Å²) in [4.78, 5) is 10.8. The maximum Gasteiger partial charge on any atom is 0.463 e. The molecule has 0 unspecified atom stereocenters. The van der Waals surface area contributed by atoms with E-state index in [4.69, 9.17) is 5.73 Å². The van der Waals surface area contributed by atoms with Gasteiger partial charge >= 0.3 is 18.0 Å². The zero-order chi connectivity index (χ0) is 14.0. The molecule has 0 aliphatic carbocycles. The fourth-order valence-electron chi connectivity index (χ4n) is 1.06. The Bertz CT molecular complexity index is 427. The van der Waals surface area contributed by atoms with Gasteiger partial charge in [-0.1, -0.05) is 12.1 Å². The molecule has 8 heteroatoms. The standard InChI is InChI=1S/C10H9F5N2O/c11-9(12,10(13,14)15)8(18)17-7-3-1-6(5-16)2-4-7/h1-4H,5,16H2,(H,17,18). The van der Waals surface area contributed by atoms with Crippen LogP contribution in [-0.2, 0) is 11.3 Å². The highest BCUT2D eigenvalue weighted by Gasteiger charge is 2.63. The number of carbonyl (C=O) groups excluding carboxylic acids is 1. The molecule has 0 aromatic heterocycles. The molecular weight excluding hydrogens is 259 g/mol. The molecule has 0 spiro atoms. The first-order valence-corrected chi connectivity index (χ1v) is 4.73. The molecule has 1 aromatic rings. The lowest BCUT2D eigenvalue weighted by Gasteiger charge is -2.18. The van der Waals surface area contributed by atoms with Crippen LogP contribution in [0.2, 0.25) is 0 Å². The van der Waals surface area contributed by atoms with Gasteiger partial charge in [0.1, 0.15) is 0 Å². The van der Waals surface area contributed by atoms with E-state index in [1.807, 2.05) is 0 Å². The summed E-state index contributed by atoms with van der Waals surface area (Å²) < 4.78 is 60.8. The van der Waals surface area contributed by atoms with Crippen LogP contribution < -0.4 is 11.1 Å². The molecule has 3 nitrogen and oxygen atoms in total. The summed E-state index contributed by atoms with van der Waals surface area (Å²) in [6.45, 7) is 0.187. The van der Waals surface area contributed by atoms with Crippen LogP contribution in [0, 0.1) is 0 Å². The SMILES string of the molecule is NCc1ccc(NC(=O)C(F)(F)C(F)(F)F)cc1. The van der Waals surface area contributed by atoms with E-state index in [0.717, 1.165) is 0 Å². The third-order valence-electron chi connectivity index (χ3n) is 2.09. The lowest BCUT2D eigenvalue weighted by molar-refractivity contribution is -0.267. The number of nitrogens with two attached hydrogens (primary N) is 1. The van der Waals surface area contributed by atoms with Crippen molar-refractivity contribution in [3.8, 4) is 0 Å². The summed E-state index contributed by atoms with van der Waals surface area (Å²) in [7, 11) is 0. The van der Waals surface area contributed by atoms with Crippen molar-refractivity contribution in [3.63, 3.8) is 0 Å². The van der Waals surface area contributed by atoms with E-state index in [1.165, 1.54) is 29.6 Å². The number of hydrogen-bond donors (Lipinski definition) is 2. The van der Waals surface area contributed by atoms with Crippen LogP contribution in [0.4, 0.5) is 27.6 Å². The van der Waals surface area contributed by atoms with Gasteiger partial charge in [0.15, 0.2) is 0 Å². The average molecular weight is 268 g/mol. The molecule has 0 saturated carbocycles. The fourth-order valence-corrected chi connectivity index (χ4v) is 1.06. The highest BCUT2D eigenvalue weighted by Crippen LogP contribution is 2.36. The summed E-state index contributed by atoms with van der Waals surface area (Å²) >= 11 is 0. The summed E-state index contributed by atoms with van der Waals surface area (Å²) in [6, 6.07) is 5.18. The summed E-state index contributed by atoms with van der Waals surface area (Å²) in [5, 5.41) is 1.49. The predicted molar refractivity (Wildman–Crippen MR) is 54.0 cm³/mol. The number of amides is 1. The van der Waals surface area contributed by atoms with Gasteiger partial charge in [-0.25, -0.2) is 0 Å². The number of alkyl halides is 5. The molecule has 0 saturated heterocycles. The maximum absolute atomic E-state index is 12.6. The third-order valence-corrected chi connectivity index (χ3v) is 2.09. The number of anilines is 1. The van der Waals surface area contributed by atoms with Crippen LogP contribution in [0.1, 0.15) is 5.56 Å². The fraction of sp³-hybridized carbons (Fsp3) is 0.300. The molecule has 3 N–H and O–H groups in total. The van der Waals surface area contributed by atoms with Gasteiger partial charge in [0, 0.05) is 12.2 Å². The van der Waals surface area contributed by atoms with E-state index in [2.05, 4.69) is 0 Å². The van der Waals surface area contributed by atoms with Crippen LogP contribution in [0.5, 0.6) is 0 Å². The lowest BCUT2D eigenvalue weighted by atomic mass is 10.2. The van der Waals surface area contributed by atoms with Crippen molar-refractivity contribution in [1.29, 1.82) is 0 Å². The Balaban J connectivity index is 2.81. The zero-order valence-electron chi connectivity index (χ0n) is 8.89. The quantitative estimate of drug-likeness (QED) is 0.826. The number of nitrogens with one attached hydrogen (secondary N) is 1. The monoisotopic (exact) mass is 268 g/mol. The van der Waals surface area contributed by atoms with E-state index in [9.17, 15) is 26.7 Å². The van der Waals surface area contributed by atoms with Gasteiger partial charge in [-0.2, -0.15) is 22.0 Å². The van der Waals surface area contributed by atoms with Crippen LogP contribution in [-0.4, -0.2) is 18.0 Å². The Hall–Kier alpha value is -1.70. The second-order valence-electron chi connectivity index (χ2n) is 3.43. The van der Waals surface area contributed by atoms with Gasteiger partial charge in [-0.05, 0) is 17.7 Å². The summed E-state index contributed by atoms with van der Waals surface area (Å²) in [5.41, 5.74) is 5.75. The van der Waals surface area contributed by atoms with Gasteiger partial charge < -0.3 is 11.1 Å². The number of hydrogen-bond acceptors (Lipinski definition) is 2. The highest BCUT2D eigenvalue weighted by atomic mass is 19.4. The van der Waals surface area contributed by atoms with Crippen molar-refractivity contribution >= 4 is 11.6 Å². The van der Waals surface area contributed by atoms with E-state index in [-0.39, 0.29) is 12.2 Å². The van der Waals surface area contributed by atoms with Gasteiger partial charge in [0.25, 0.3) is 0 Å². The van der Waals surface area contributed by atoms with Crippen molar-refractivity contribution in [1.82, 2.24) is 0 Å². The Morgan fingerprint density at radius 2 is 1.61 bits per heavy atom. The first-order chi connectivity index (χ1) is 8.18. The molecule has 100 valence electrons. The normalized spacial score (nSPS) is 12.3. The van der Waals surface area contributed by atoms with Crippen molar-refractivity contribution in [2.45, 2.75) is 18.6 Å². The van der Waals surface area contributed by atoms with Crippen molar-refractivity contribution in [2.24, 2.45) is 5.73 Å². The highest BCUT2D eigenvalue weighted by molar-refractivity contribution is 5.96. The third kappa shape index (κ3) is 2.95. The maximum atomic E-state index is 12.6. The second kappa shape index (κ2) is 4.89. The predicted octanol–water partition coefficient (Wildman–Crippen LogP) is 2.28. The molecule has 1 aromatic carbocycles. The number of halogens is 5. The van der Waals surface area contributed by atoms with E-state index >= 15 is 0 Å². The molecule has 0 heterocycles. The largest absolute Gasteiger partial charge is 0.463 e. The molecule has 1 rings (SSSR count). The first-order valence-electron chi connectivity index (χ1n) is 4.73. The molecule has 0 fully saturated rings. The Morgan fingerprint density at radius 1 is 1.11 bits per heavy atom. The van der Waals surface area contributed by atoms with Crippen molar-refractivity contribution in [2.75, 3.05) is 5.32 Å². The Kier molecular flexibility index (Phi) is 3.90. The minimum Gasteiger partial charge on any atom is -0.326 e. The molecule has 0 radical (unpaired) electrons. The van der Waals surface area contributed by atoms with Gasteiger partial charge in [-0.3, -0.25) is 4.79 Å². The van der Waals surface area contributed by atoms with Crippen LogP contribution in [0.3, 0.4) is 0 Å². The minimum absolute atomic E-state index is 0.166. The van der Waals surface area contributed by atoms with Crippen LogP contribution in [0.15, 0.2) is 24.3 Å². The Labute approximate surface area is 98.8 Å². The summed E-state index contributed by atoms with van der Waals surface area (Å²) in [6.07, 6.45) is -5.92. The first kappa shape index (κ1) is 14.4. The van der Waals surface area contributed by atoms with E-state index in [0.29, 0.717) is 5.56 Å². The van der Waals surface area contributed by atoms with Gasteiger partial charge in [-0.15, -0.1) is 0 Å². The average Bonchev–Trinajstić information content (AvgIpc) is 2.28. The Morgan fingerprint density at radius 3 is 2.00 bits per heavy atom. The topological polar surface area (TPSA) is 55.1 Å². The van der Waals surface area contributed by atoms with Crippen LogP contribution >= 0.6 is 0 Å². The zero-order valence-corrected chi connectivity index (χ0v) is 8.89. The second-order valence-corrected chi connectivity index (χ2v) is 3.43. The molecule has 0 bridgehead atoms. The molecule has 18 heavy (non-hydrogen) atoms. The summed E-state index contributed by atoms with van der Waals surface area (Å²) in [5.74, 6) is -7.85. The lowest BCUT2D eigenvalue weighted by Crippen LogP contribution is -2.47. The van der Waals surface area contributed by atoms with Gasteiger partial charge in [0.05, 0.1) is 0 Å². The van der Waals surface area contributed by atoms with Crippen molar-refractivity contribution < 1.29 is 26.7 Å². The van der Waals surface area contributed by atoms with E-state index in [1.54, 1.807) is 0 Å². The van der Waals surface area contributed by atoms with Crippen molar-refractivity contribution in [3.05, 3.63) is 29.8 Å². The minimum atomic E-state index is -5.92. The number of rotatable bonds is 3. The molecule has 0 atom stereocenters. The van der Waals surface area contributed by atoms with E-state index < -0.39 is 18.0 Å². The number of carbonyl (C=O) groups is 1.